The maximum Gasteiger partial charge on any atom is 0.271 e. The van der Waals surface area contributed by atoms with Gasteiger partial charge in [-0.25, -0.2) is 0 Å². The lowest BCUT2D eigenvalue weighted by molar-refractivity contribution is -0.115. The van der Waals surface area contributed by atoms with Gasteiger partial charge in [-0.3, -0.25) is 9.59 Å². The summed E-state index contributed by atoms with van der Waals surface area (Å²) in [5, 5.41) is 3.28. The number of hydrogen-bond acceptors (Lipinski definition) is 4. The fourth-order valence-corrected chi connectivity index (χ4v) is 2.26. The number of benzene rings is 1. The van der Waals surface area contributed by atoms with Crippen molar-refractivity contribution in [1.82, 2.24) is 0 Å². The van der Waals surface area contributed by atoms with Crippen LogP contribution in [-0.2, 0) is 9.59 Å². The Bertz CT molecular complexity index is 634. The van der Waals surface area contributed by atoms with Crippen LogP contribution in [0.2, 0.25) is 5.02 Å². The number of amidine groups is 1. The minimum atomic E-state index is -0.465. The third kappa shape index (κ3) is 3.49. The van der Waals surface area contributed by atoms with E-state index in [1.807, 2.05) is 12.1 Å². The number of amides is 1. The topological polar surface area (TPSA) is 61.8 Å². The Balaban J connectivity index is 2.22. The second-order valence-electron chi connectivity index (χ2n) is 4.46. The summed E-state index contributed by atoms with van der Waals surface area (Å²) in [6.45, 7) is 5.89. The highest BCUT2D eigenvalue weighted by Gasteiger charge is 2.16. The van der Waals surface area contributed by atoms with E-state index in [9.17, 15) is 9.59 Å². The molecule has 6 heteroatoms. The molecule has 2 rings (SSSR count). The van der Waals surface area contributed by atoms with Gasteiger partial charge in [0.05, 0.1) is 10.7 Å². The van der Waals surface area contributed by atoms with E-state index in [1.165, 1.54) is 6.08 Å². The SMILES string of the molecule is CCN(CC)c1ccc(NC2=NC(=O)C=CC2=O)c(Cl)c1. The molecule has 1 aliphatic heterocycles. The van der Waals surface area contributed by atoms with E-state index in [4.69, 9.17) is 11.6 Å². The molecule has 1 aliphatic rings. The molecule has 1 heterocycles. The minimum absolute atomic E-state index is 0.0139. The van der Waals surface area contributed by atoms with Crippen LogP contribution in [0.3, 0.4) is 0 Å². The summed E-state index contributed by atoms with van der Waals surface area (Å²) in [6, 6.07) is 5.50. The van der Waals surface area contributed by atoms with Crippen molar-refractivity contribution in [3.05, 3.63) is 35.4 Å². The van der Waals surface area contributed by atoms with Crippen LogP contribution in [0.4, 0.5) is 11.4 Å². The number of halogens is 1. The summed E-state index contributed by atoms with van der Waals surface area (Å²) in [5.41, 5.74) is 1.55. The first-order valence-electron chi connectivity index (χ1n) is 6.71. The van der Waals surface area contributed by atoms with E-state index in [0.29, 0.717) is 10.7 Å². The number of aliphatic imine (C=N–C) groups is 1. The largest absolute Gasteiger partial charge is 0.372 e. The van der Waals surface area contributed by atoms with Crippen LogP contribution in [0, 0.1) is 0 Å². The van der Waals surface area contributed by atoms with E-state index in [1.54, 1.807) is 6.07 Å². The van der Waals surface area contributed by atoms with Gasteiger partial charge in [-0.2, -0.15) is 4.99 Å². The van der Waals surface area contributed by atoms with Gasteiger partial charge < -0.3 is 10.2 Å². The molecule has 1 aromatic carbocycles. The maximum atomic E-state index is 11.6. The number of ketones is 1. The highest BCUT2D eigenvalue weighted by atomic mass is 35.5. The van der Waals surface area contributed by atoms with Gasteiger partial charge >= 0.3 is 0 Å². The van der Waals surface area contributed by atoms with Gasteiger partial charge in [0.25, 0.3) is 5.91 Å². The molecule has 0 saturated carbocycles. The molecular formula is C15H16ClN3O2. The molecule has 0 aromatic heterocycles. The maximum absolute atomic E-state index is 11.6. The van der Waals surface area contributed by atoms with Gasteiger partial charge in [0.1, 0.15) is 0 Å². The zero-order valence-electron chi connectivity index (χ0n) is 11.9. The van der Waals surface area contributed by atoms with Gasteiger partial charge in [0.2, 0.25) is 5.78 Å². The lowest BCUT2D eigenvalue weighted by Gasteiger charge is -2.22. The van der Waals surface area contributed by atoms with E-state index in [0.717, 1.165) is 24.9 Å². The van der Waals surface area contributed by atoms with Crippen molar-refractivity contribution in [3.63, 3.8) is 0 Å². The van der Waals surface area contributed by atoms with Crippen LogP contribution in [0.5, 0.6) is 0 Å². The van der Waals surface area contributed by atoms with Crippen LogP contribution in [0.15, 0.2) is 35.3 Å². The Morgan fingerprint density at radius 3 is 2.52 bits per heavy atom. The number of nitrogens with one attached hydrogen (secondary N) is 1. The molecule has 0 aliphatic carbocycles. The average molecular weight is 306 g/mol. The van der Waals surface area contributed by atoms with Crippen LogP contribution >= 0.6 is 11.6 Å². The molecule has 0 radical (unpaired) electrons. The molecule has 0 atom stereocenters. The molecule has 1 amide bonds. The van der Waals surface area contributed by atoms with Crippen molar-refractivity contribution in [2.75, 3.05) is 23.3 Å². The molecule has 1 aromatic rings. The first kappa shape index (κ1) is 15.3. The molecule has 110 valence electrons. The molecule has 0 bridgehead atoms. The van der Waals surface area contributed by atoms with Crippen molar-refractivity contribution >= 4 is 40.5 Å². The quantitative estimate of drug-likeness (QED) is 0.929. The minimum Gasteiger partial charge on any atom is -0.372 e. The van der Waals surface area contributed by atoms with Crippen LogP contribution in [0.25, 0.3) is 0 Å². The number of hydrogen-bond donors (Lipinski definition) is 1. The van der Waals surface area contributed by atoms with Crippen molar-refractivity contribution < 1.29 is 9.59 Å². The Morgan fingerprint density at radius 1 is 1.19 bits per heavy atom. The number of dihydropyridines is 1. The fourth-order valence-electron chi connectivity index (χ4n) is 2.04. The summed E-state index contributed by atoms with van der Waals surface area (Å²) in [6.07, 6.45) is 2.33. The predicted molar refractivity (Wildman–Crippen MR) is 85.2 cm³/mol. The van der Waals surface area contributed by atoms with Crippen molar-refractivity contribution in [3.8, 4) is 0 Å². The average Bonchev–Trinajstić information content (AvgIpc) is 2.47. The van der Waals surface area contributed by atoms with Crippen molar-refractivity contribution in [2.45, 2.75) is 13.8 Å². The molecule has 0 fully saturated rings. The summed E-state index contributed by atoms with van der Waals surface area (Å²) in [5.74, 6) is -0.827. The Labute approximate surface area is 128 Å². The summed E-state index contributed by atoms with van der Waals surface area (Å²) < 4.78 is 0. The normalized spacial score (nSPS) is 14.1. The molecule has 1 N–H and O–H groups in total. The highest BCUT2D eigenvalue weighted by molar-refractivity contribution is 6.50. The lowest BCUT2D eigenvalue weighted by atomic mass is 10.2. The number of carbonyl (C=O) groups excluding carboxylic acids is 2. The standard InChI is InChI=1S/C15H16ClN3O2/c1-3-19(4-2)10-5-6-12(11(16)9-10)17-15-13(20)7-8-14(21)18-15/h5-9H,3-4H2,1-2H3,(H,17,18,21). The first-order chi connectivity index (χ1) is 10.0. The monoisotopic (exact) mass is 305 g/mol. The van der Waals surface area contributed by atoms with E-state index < -0.39 is 5.91 Å². The predicted octanol–water partition coefficient (Wildman–Crippen LogP) is 2.66. The third-order valence-corrected chi connectivity index (χ3v) is 3.48. The van der Waals surface area contributed by atoms with Gasteiger partial charge in [0.15, 0.2) is 5.84 Å². The zero-order valence-corrected chi connectivity index (χ0v) is 12.6. The second kappa shape index (κ2) is 6.54. The molecule has 0 unspecified atom stereocenters. The van der Waals surface area contributed by atoms with Crippen LogP contribution in [0.1, 0.15) is 13.8 Å². The molecule has 0 spiro atoms. The van der Waals surface area contributed by atoms with Crippen LogP contribution in [-0.4, -0.2) is 30.6 Å². The number of rotatable bonds is 4. The van der Waals surface area contributed by atoms with Gasteiger partial charge in [-0.05, 0) is 38.1 Å². The van der Waals surface area contributed by atoms with Gasteiger partial charge in [-0.15, -0.1) is 0 Å². The molecule has 21 heavy (non-hydrogen) atoms. The van der Waals surface area contributed by atoms with E-state index in [-0.39, 0.29) is 11.6 Å². The lowest BCUT2D eigenvalue weighted by Crippen LogP contribution is -2.26. The second-order valence-corrected chi connectivity index (χ2v) is 4.86. The molecular weight excluding hydrogens is 290 g/mol. The summed E-state index contributed by atoms with van der Waals surface area (Å²) in [4.78, 5) is 28.7. The number of nitrogens with zero attached hydrogens (tertiary/aromatic N) is 2. The molecule has 0 saturated heterocycles. The van der Waals surface area contributed by atoms with Crippen molar-refractivity contribution in [2.24, 2.45) is 4.99 Å². The number of carbonyl (C=O) groups is 2. The van der Waals surface area contributed by atoms with E-state index >= 15 is 0 Å². The highest BCUT2D eigenvalue weighted by Crippen LogP contribution is 2.27. The van der Waals surface area contributed by atoms with Gasteiger partial charge in [-0.1, -0.05) is 11.6 Å². The summed E-state index contributed by atoms with van der Waals surface area (Å²) in [7, 11) is 0. The summed E-state index contributed by atoms with van der Waals surface area (Å²) >= 11 is 6.23. The smallest absolute Gasteiger partial charge is 0.271 e. The Morgan fingerprint density at radius 2 is 1.90 bits per heavy atom. The molecule has 5 nitrogen and oxygen atoms in total. The van der Waals surface area contributed by atoms with Crippen molar-refractivity contribution in [1.29, 1.82) is 0 Å². The first-order valence-corrected chi connectivity index (χ1v) is 7.09. The third-order valence-electron chi connectivity index (χ3n) is 3.17. The zero-order chi connectivity index (χ0) is 15.4. The fraction of sp³-hybridized carbons (Fsp3) is 0.267. The van der Waals surface area contributed by atoms with E-state index in [2.05, 4.69) is 29.1 Å². The van der Waals surface area contributed by atoms with Crippen LogP contribution < -0.4 is 10.2 Å². The van der Waals surface area contributed by atoms with Gasteiger partial charge in [0, 0.05) is 24.9 Å². The Hall–Kier alpha value is -2.14. The number of anilines is 2. The Kier molecular flexibility index (Phi) is 4.75.